The summed E-state index contributed by atoms with van der Waals surface area (Å²) in [4.78, 5) is 23.9. The van der Waals surface area contributed by atoms with E-state index in [4.69, 9.17) is 0 Å². The maximum absolute atomic E-state index is 12.1. The van der Waals surface area contributed by atoms with Crippen molar-refractivity contribution < 1.29 is 0 Å². The fourth-order valence-corrected chi connectivity index (χ4v) is 1.72. The number of nitrogens with zero attached hydrogens (tertiary/aromatic N) is 2. The number of nitrogens with one attached hydrogen (secondary N) is 1. The monoisotopic (exact) mass is 257 g/mol. The van der Waals surface area contributed by atoms with E-state index >= 15 is 0 Å². The second kappa shape index (κ2) is 5.86. The van der Waals surface area contributed by atoms with Crippen molar-refractivity contribution in [2.24, 2.45) is 0 Å². The second-order valence-electron chi connectivity index (χ2n) is 3.98. The third kappa shape index (κ3) is 2.82. The zero-order chi connectivity index (χ0) is 13.7. The molecule has 1 aromatic heterocycles. The quantitative estimate of drug-likeness (QED) is 0.824. The van der Waals surface area contributed by atoms with Gasteiger partial charge >= 0.3 is 11.4 Å². The van der Waals surface area contributed by atoms with Gasteiger partial charge in [-0.05, 0) is 18.6 Å². The summed E-state index contributed by atoms with van der Waals surface area (Å²) >= 11 is 0. The Kier molecular flexibility index (Phi) is 3.97. The van der Waals surface area contributed by atoms with Crippen LogP contribution in [0.15, 0.2) is 64.7 Å². The molecule has 0 aliphatic heterocycles. The van der Waals surface area contributed by atoms with E-state index in [0.29, 0.717) is 12.2 Å². The number of H-pyrrole nitrogens is 1. The number of allylic oxidation sites excluding steroid dienone is 3. The Morgan fingerprint density at radius 3 is 2.58 bits per heavy atom. The molecule has 0 unspecified atom stereocenters. The van der Waals surface area contributed by atoms with Crippen LogP contribution in [0, 0.1) is 0 Å². The SMILES string of the molecule is C=CC/C=C\Cn1[nH]c(=O)n(-c2ccccc2)c1=O. The zero-order valence-electron chi connectivity index (χ0n) is 10.5. The Morgan fingerprint density at radius 1 is 1.16 bits per heavy atom. The third-order valence-corrected chi connectivity index (χ3v) is 2.63. The lowest BCUT2D eigenvalue weighted by molar-refractivity contribution is 0.663. The lowest BCUT2D eigenvalue weighted by Crippen LogP contribution is -2.27. The fourth-order valence-electron chi connectivity index (χ4n) is 1.72. The highest BCUT2D eigenvalue weighted by Crippen LogP contribution is 1.99. The number of aromatic amines is 1. The van der Waals surface area contributed by atoms with Crippen LogP contribution in [0.3, 0.4) is 0 Å². The molecule has 19 heavy (non-hydrogen) atoms. The molecule has 0 spiro atoms. The molecule has 0 amide bonds. The molecule has 2 rings (SSSR count). The number of hydrogen-bond donors (Lipinski definition) is 1. The highest BCUT2D eigenvalue weighted by Gasteiger charge is 2.09. The first-order chi connectivity index (χ1) is 9.24. The molecule has 0 aliphatic carbocycles. The van der Waals surface area contributed by atoms with E-state index in [1.807, 2.05) is 18.2 Å². The molecule has 0 saturated heterocycles. The first kappa shape index (κ1) is 12.9. The second-order valence-corrected chi connectivity index (χ2v) is 3.98. The maximum atomic E-state index is 12.1. The summed E-state index contributed by atoms with van der Waals surface area (Å²) in [6, 6.07) is 8.83. The summed E-state index contributed by atoms with van der Waals surface area (Å²) in [5.74, 6) is 0. The smallest absolute Gasteiger partial charge is 0.246 e. The predicted octanol–water partition coefficient (Wildman–Crippen LogP) is 1.46. The molecule has 98 valence electrons. The number of hydrogen-bond acceptors (Lipinski definition) is 2. The summed E-state index contributed by atoms with van der Waals surface area (Å²) in [5, 5.41) is 2.52. The van der Waals surface area contributed by atoms with Crippen molar-refractivity contribution in [1.82, 2.24) is 14.3 Å². The van der Waals surface area contributed by atoms with Gasteiger partial charge in [0.15, 0.2) is 0 Å². The highest BCUT2D eigenvalue weighted by molar-refractivity contribution is 5.30. The van der Waals surface area contributed by atoms with E-state index in [0.717, 1.165) is 11.0 Å². The van der Waals surface area contributed by atoms with Crippen molar-refractivity contribution in [2.75, 3.05) is 0 Å². The minimum Gasteiger partial charge on any atom is -0.246 e. The number of para-hydroxylation sites is 1. The number of benzene rings is 1. The Bertz CT molecular complexity index is 689. The van der Waals surface area contributed by atoms with Crippen LogP contribution in [0.25, 0.3) is 5.69 Å². The topological polar surface area (TPSA) is 59.8 Å². The van der Waals surface area contributed by atoms with Crippen LogP contribution in [-0.2, 0) is 6.54 Å². The summed E-state index contributed by atoms with van der Waals surface area (Å²) in [6.07, 6.45) is 6.20. The van der Waals surface area contributed by atoms with E-state index < -0.39 is 5.69 Å². The van der Waals surface area contributed by atoms with Crippen molar-refractivity contribution >= 4 is 0 Å². The zero-order valence-corrected chi connectivity index (χ0v) is 10.5. The summed E-state index contributed by atoms with van der Waals surface area (Å²) in [7, 11) is 0. The van der Waals surface area contributed by atoms with Gasteiger partial charge in [0.1, 0.15) is 0 Å². The van der Waals surface area contributed by atoms with Gasteiger partial charge < -0.3 is 0 Å². The normalized spacial score (nSPS) is 10.9. The first-order valence-corrected chi connectivity index (χ1v) is 5.97. The van der Waals surface area contributed by atoms with Crippen LogP contribution >= 0.6 is 0 Å². The van der Waals surface area contributed by atoms with Crippen molar-refractivity contribution in [1.29, 1.82) is 0 Å². The van der Waals surface area contributed by atoms with E-state index in [-0.39, 0.29) is 5.69 Å². The van der Waals surface area contributed by atoms with Crippen LogP contribution < -0.4 is 11.4 Å². The first-order valence-electron chi connectivity index (χ1n) is 5.97. The predicted molar refractivity (Wildman–Crippen MR) is 74.6 cm³/mol. The van der Waals surface area contributed by atoms with Gasteiger partial charge in [-0.15, -0.1) is 6.58 Å². The van der Waals surface area contributed by atoms with Gasteiger partial charge in [-0.2, -0.15) is 0 Å². The minimum atomic E-state index is -0.437. The van der Waals surface area contributed by atoms with Gasteiger partial charge in [0.25, 0.3) is 0 Å². The van der Waals surface area contributed by atoms with Gasteiger partial charge in [0.2, 0.25) is 0 Å². The average Bonchev–Trinajstić information content (AvgIpc) is 2.71. The molecule has 5 heteroatoms. The molecule has 5 nitrogen and oxygen atoms in total. The van der Waals surface area contributed by atoms with Crippen molar-refractivity contribution in [2.45, 2.75) is 13.0 Å². The Labute approximate surface area is 110 Å². The van der Waals surface area contributed by atoms with Crippen LogP contribution in [0.1, 0.15) is 6.42 Å². The molecule has 1 heterocycles. The Hall–Kier alpha value is -2.56. The van der Waals surface area contributed by atoms with E-state index in [1.165, 1.54) is 4.68 Å². The third-order valence-electron chi connectivity index (χ3n) is 2.63. The molecule has 0 radical (unpaired) electrons. The van der Waals surface area contributed by atoms with Gasteiger partial charge in [-0.1, -0.05) is 36.4 Å². The Balaban J connectivity index is 2.33. The molecule has 0 atom stereocenters. The van der Waals surface area contributed by atoms with Crippen LogP contribution in [0.4, 0.5) is 0 Å². The van der Waals surface area contributed by atoms with Crippen LogP contribution in [-0.4, -0.2) is 14.3 Å². The van der Waals surface area contributed by atoms with E-state index in [2.05, 4.69) is 11.7 Å². The van der Waals surface area contributed by atoms with Crippen molar-refractivity contribution in [3.05, 3.63) is 76.1 Å². The minimum absolute atomic E-state index is 0.335. The molecule has 1 N–H and O–H groups in total. The van der Waals surface area contributed by atoms with E-state index in [9.17, 15) is 9.59 Å². The van der Waals surface area contributed by atoms with Gasteiger partial charge in [0, 0.05) is 0 Å². The fraction of sp³-hybridized carbons (Fsp3) is 0.143. The highest BCUT2D eigenvalue weighted by atomic mass is 16.2. The maximum Gasteiger partial charge on any atom is 0.351 e. The van der Waals surface area contributed by atoms with Crippen LogP contribution in [0.2, 0.25) is 0 Å². The lowest BCUT2D eigenvalue weighted by atomic mass is 10.3. The molecule has 0 bridgehead atoms. The lowest BCUT2D eigenvalue weighted by Gasteiger charge is -1.97. The molecule has 0 aliphatic rings. The average molecular weight is 257 g/mol. The summed E-state index contributed by atoms with van der Waals surface area (Å²) in [6.45, 7) is 3.93. The summed E-state index contributed by atoms with van der Waals surface area (Å²) in [5.41, 5.74) is -0.254. The molecular formula is C14H15N3O2. The molecule has 1 aromatic carbocycles. The van der Waals surface area contributed by atoms with Gasteiger partial charge in [-0.3, -0.25) is 0 Å². The molecule has 2 aromatic rings. The number of aromatic nitrogens is 3. The summed E-state index contributed by atoms with van der Waals surface area (Å²) < 4.78 is 2.39. The standard InChI is InChI=1S/C14H15N3O2/c1-2-3-4-8-11-16-14(19)17(13(18)15-16)12-9-6-5-7-10-12/h2,4-10H,1,3,11H2,(H,15,18)/b8-4-. The van der Waals surface area contributed by atoms with Crippen LogP contribution in [0.5, 0.6) is 0 Å². The molecule has 0 saturated carbocycles. The number of rotatable bonds is 5. The van der Waals surface area contributed by atoms with Gasteiger partial charge in [-0.25, -0.2) is 23.9 Å². The largest absolute Gasteiger partial charge is 0.351 e. The molecule has 0 fully saturated rings. The van der Waals surface area contributed by atoms with E-state index in [1.54, 1.807) is 30.3 Å². The van der Waals surface area contributed by atoms with Crippen molar-refractivity contribution in [3.8, 4) is 5.69 Å². The Morgan fingerprint density at radius 2 is 1.89 bits per heavy atom. The molecular weight excluding hydrogens is 242 g/mol. The van der Waals surface area contributed by atoms with Gasteiger partial charge in [0.05, 0.1) is 12.2 Å². The van der Waals surface area contributed by atoms with Crippen molar-refractivity contribution in [3.63, 3.8) is 0 Å².